The molecule has 0 saturated carbocycles. The molecule has 1 atom stereocenters. The fraction of sp³-hybridized carbons (Fsp3) is 0.312. The summed E-state index contributed by atoms with van der Waals surface area (Å²) in [5.41, 5.74) is 1.20. The van der Waals surface area contributed by atoms with Crippen molar-refractivity contribution in [3.63, 3.8) is 0 Å². The number of benzene rings is 1. The first-order chi connectivity index (χ1) is 11.9. The van der Waals surface area contributed by atoms with Crippen LogP contribution in [-0.4, -0.2) is 20.0 Å². The van der Waals surface area contributed by atoms with E-state index in [9.17, 15) is 8.78 Å². The monoisotopic (exact) mass is 430 g/mol. The van der Waals surface area contributed by atoms with Crippen LogP contribution in [0.15, 0.2) is 33.2 Å². The summed E-state index contributed by atoms with van der Waals surface area (Å²) in [7, 11) is 0. The van der Waals surface area contributed by atoms with Crippen LogP contribution in [0.25, 0.3) is 0 Å². The van der Waals surface area contributed by atoms with Gasteiger partial charge < -0.3 is 4.42 Å². The highest BCUT2D eigenvalue weighted by atomic mass is 79.9. The van der Waals surface area contributed by atoms with E-state index in [-0.39, 0.29) is 10.2 Å². The van der Waals surface area contributed by atoms with Gasteiger partial charge in [0.2, 0.25) is 11.8 Å². The van der Waals surface area contributed by atoms with Gasteiger partial charge in [-0.25, -0.2) is 8.78 Å². The van der Waals surface area contributed by atoms with Crippen molar-refractivity contribution in [3.05, 3.63) is 62.5 Å². The van der Waals surface area contributed by atoms with Crippen LogP contribution in [0, 0.1) is 6.92 Å². The van der Waals surface area contributed by atoms with Crippen LogP contribution in [0.1, 0.15) is 48.1 Å². The molecule has 0 aliphatic carbocycles. The van der Waals surface area contributed by atoms with Crippen LogP contribution in [-0.2, 0) is 6.42 Å². The molecule has 0 N–H and O–H groups in total. The molecule has 2 aromatic heterocycles. The van der Waals surface area contributed by atoms with E-state index in [2.05, 4.69) is 31.2 Å². The molecule has 0 spiro atoms. The molecule has 0 saturated heterocycles. The molecule has 0 amide bonds. The van der Waals surface area contributed by atoms with Gasteiger partial charge in [-0.1, -0.05) is 23.7 Å². The zero-order valence-corrected chi connectivity index (χ0v) is 15.7. The minimum absolute atomic E-state index is 0.285. The van der Waals surface area contributed by atoms with Gasteiger partial charge in [0.15, 0.2) is 0 Å². The lowest BCUT2D eigenvalue weighted by Gasteiger charge is -2.09. The van der Waals surface area contributed by atoms with Gasteiger partial charge >= 0.3 is 0 Å². The first-order valence-corrected chi connectivity index (χ1v) is 8.63. The Morgan fingerprint density at radius 3 is 2.72 bits per heavy atom. The number of rotatable bonds is 5. The van der Waals surface area contributed by atoms with Crippen molar-refractivity contribution in [1.82, 2.24) is 20.0 Å². The van der Waals surface area contributed by atoms with Crippen molar-refractivity contribution >= 4 is 27.5 Å². The molecule has 1 aromatic carbocycles. The van der Waals surface area contributed by atoms with E-state index in [1.807, 2.05) is 18.2 Å². The third-order valence-electron chi connectivity index (χ3n) is 3.76. The number of alkyl halides is 2. The Balaban J connectivity index is 1.83. The molecule has 0 fully saturated rings. The summed E-state index contributed by atoms with van der Waals surface area (Å²) in [6.45, 7) is 3.46. The van der Waals surface area contributed by atoms with Crippen LogP contribution in [0.3, 0.4) is 0 Å². The maximum absolute atomic E-state index is 13.0. The first-order valence-electron chi connectivity index (χ1n) is 7.46. The lowest BCUT2D eigenvalue weighted by molar-refractivity contribution is 0.144. The van der Waals surface area contributed by atoms with E-state index >= 15 is 0 Å². The Hall–Kier alpha value is -1.80. The van der Waals surface area contributed by atoms with Gasteiger partial charge in [-0.2, -0.15) is 5.10 Å². The zero-order valence-electron chi connectivity index (χ0n) is 13.4. The lowest BCUT2D eigenvalue weighted by atomic mass is 10.1. The molecule has 0 aliphatic rings. The summed E-state index contributed by atoms with van der Waals surface area (Å²) >= 11 is 9.12. The third kappa shape index (κ3) is 3.74. The van der Waals surface area contributed by atoms with Gasteiger partial charge in [-0.05, 0) is 47.5 Å². The van der Waals surface area contributed by atoms with Crippen LogP contribution in [0.5, 0.6) is 0 Å². The molecule has 132 valence electrons. The molecule has 0 unspecified atom stereocenters. The second-order valence-corrected chi connectivity index (χ2v) is 6.78. The summed E-state index contributed by atoms with van der Waals surface area (Å²) < 4.78 is 33.4. The van der Waals surface area contributed by atoms with Crippen LogP contribution < -0.4 is 0 Å². The number of hydrogen-bond acceptors (Lipinski definition) is 4. The van der Waals surface area contributed by atoms with Crippen LogP contribution in [0.2, 0.25) is 5.02 Å². The molecule has 0 radical (unpaired) electrons. The SMILES string of the molecule is Cc1c(Br)c(C(F)F)nn1[C@H](C)c1nnc(Cc2cccc(Cl)c2)o1. The number of aromatic nitrogens is 4. The lowest BCUT2D eigenvalue weighted by Crippen LogP contribution is -2.11. The molecular weight excluding hydrogens is 418 g/mol. The molecule has 25 heavy (non-hydrogen) atoms. The van der Waals surface area contributed by atoms with Gasteiger partial charge in [-0.15, -0.1) is 10.2 Å². The average molecular weight is 432 g/mol. The minimum atomic E-state index is -2.66. The summed E-state index contributed by atoms with van der Waals surface area (Å²) in [5, 5.41) is 12.6. The largest absolute Gasteiger partial charge is 0.423 e. The van der Waals surface area contributed by atoms with Crippen molar-refractivity contribution in [2.24, 2.45) is 0 Å². The summed E-state index contributed by atoms with van der Waals surface area (Å²) in [5.74, 6) is 0.720. The van der Waals surface area contributed by atoms with Crippen LogP contribution in [0.4, 0.5) is 8.78 Å². The predicted molar refractivity (Wildman–Crippen MR) is 92.0 cm³/mol. The van der Waals surface area contributed by atoms with E-state index < -0.39 is 12.5 Å². The van der Waals surface area contributed by atoms with E-state index in [4.69, 9.17) is 16.0 Å². The Morgan fingerprint density at radius 2 is 2.08 bits per heavy atom. The van der Waals surface area contributed by atoms with Crippen molar-refractivity contribution in [1.29, 1.82) is 0 Å². The van der Waals surface area contributed by atoms with Crippen LogP contribution >= 0.6 is 27.5 Å². The van der Waals surface area contributed by atoms with Crippen molar-refractivity contribution < 1.29 is 13.2 Å². The second kappa shape index (κ2) is 7.21. The molecular formula is C16H14BrClF2N4O. The molecule has 3 rings (SSSR count). The maximum atomic E-state index is 13.0. The highest BCUT2D eigenvalue weighted by Crippen LogP contribution is 2.31. The van der Waals surface area contributed by atoms with Crippen molar-refractivity contribution in [3.8, 4) is 0 Å². The minimum Gasteiger partial charge on any atom is -0.423 e. The third-order valence-corrected chi connectivity index (χ3v) is 4.97. The Kier molecular flexibility index (Phi) is 5.19. The smallest absolute Gasteiger partial charge is 0.283 e. The van der Waals surface area contributed by atoms with Gasteiger partial charge in [0.05, 0.1) is 16.6 Å². The number of nitrogens with zero attached hydrogens (tertiary/aromatic N) is 4. The van der Waals surface area contributed by atoms with Crippen molar-refractivity contribution in [2.45, 2.75) is 32.7 Å². The quantitative estimate of drug-likeness (QED) is 0.562. The number of hydrogen-bond donors (Lipinski definition) is 0. The molecule has 3 aromatic rings. The fourth-order valence-corrected chi connectivity index (χ4v) is 3.12. The second-order valence-electron chi connectivity index (χ2n) is 5.55. The standard InChI is InChI=1S/C16H14BrClF2N4O/c1-8-13(17)14(15(19)20)23-24(8)9(2)16-22-21-12(25-16)7-10-4-3-5-11(18)6-10/h3-6,9,15H,7H2,1-2H3/t9-/m1/s1. The Labute approximate surface area is 156 Å². The van der Waals surface area contributed by atoms with E-state index in [1.54, 1.807) is 19.9 Å². The molecule has 5 nitrogen and oxygen atoms in total. The van der Waals surface area contributed by atoms with E-state index in [1.165, 1.54) is 4.68 Å². The highest BCUT2D eigenvalue weighted by Gasteiger charge is 2.25. The van der Waals surface area contributed by atoms with Gasteiger partial charge in [0.1, 0.15) is 11.7 Å². The summed E-state index contributed by atoms with van der Waals surface area (Å²) in [6.07, 6.45) is -2.23. The number of halogens is 4. The summed E-state index contributed by atoms with van der Waals surface area (Å²) in [6, 6.07) is 6.88. The molecule has 0 aliphatic heterocycles. The topological polar surface area (TPSA) is 56.7 Å². The molecule has 9 heteroatoms. The van der Waals surface area contributed by atoms with Gasteiger partial charge in [0.25, 0.3) is 6.43 Å². The predicted octanol–water partition coefficient (Wildman–Crippen LogP) is 5.13. The first kappa shape index (κ1) is 18.0. The van der Waals surface area contributed by atoms with E-state index in [0.717, 1.165) is 5.56 Å². The van der Waals surface area contributed by atoms with Gasteiger partial charge in [0, 0.05) is 5.02 Å². The zero-order chi connectivity index (χ0) is 18.1. The molecule has 0 bridgehead atoms. The fourth-order valence-electron chi connectivity index (χ4n) is 2.47. The highest BCUT2D eigenvalue weighted by molar-refractivity contribution is 9.10. The average Bonchev–Trinajstić information content (AvgIpc) is 3.13. The van der Waals surface area contributed by atoms with E-state index in [0.29, 0.717) is 28.9 Å². The van der Waals surface area contributed by atoms with Crippen molar-refractivity contribution in [2.75, 3.05) is 0 Å². The normalized spacial score (nSPS) is 12.8. The van der Waals surface area contributed by atoms with Gasteiger partial charge in [-0.3, -0.25) is 4.68 Å². The Morgan fingerprint density at radius 1 is 1.32 bits per heavy atom. The Bertz CT molecular complexity index is 896. The molecule has 2 heterocycles. The summed E-state index contributed by atoms with van der Waals surface area (Å²) in [4.78, 5) is 0. The maximum Gasteiger partial charge on any atom is 0.283 e.